The zero-order valence-electron chi connectivity index (χ0n) is 35.0. The summed E-state index contributed by atoms with van der Waals surface area (Å²) in [6, 6.07) is 42.0. The summed E-state index contributed by atoms with van der Waals surface area (Å²) in [5.41, 5.74) is 0. The second-order valence-electron chi connectivity index (χ2n) is 16.0. The van der Waals surface area contributed by atoms with Crippen molar-refractivity contribution < 1.29 is 27.9 Å². The maximum atomic E-state index is 12.0. The van der Waals surface area contributed by atoms with E-state index in [2.05, 4.69) is 152 Å². The van der Waals surface area contributed by atoms with Gasteiger partial charge < -0.3 is 18.3 Å². The topological polar surface area (TPSA) is 71.1 Å². The zero-order chi connectivity index (χ0) is 41.2. The van der Waals surface area contributed by atoms with E-state index in [0.717, 1.165) is 0 Å². The second kappa shape index (κ2) is 21.8. The van der Waals surface area contributed by atoms with Crippen LogP contribution in [0.3, 0.4) is 0 Å². The zero-order valence-corrected chi connectivity index (χ0v) is 37.0. The molecule has 6 nitrogen and oxygen atoms in total. The summed E-state index contributed by atoms with van der Waals surface area (Å²) in [6.45, 7) is 26.6. The molecule has 0 N–H and O–H groups in total. The van der Waals surface area contributed by atoms with Crippen molar-refractivity contribution in [1.29, 1.82) is 0 Å². The molecule has 0 aromatic heterocycles. The highest BCUT2D eigenvalue weighted by Gasteiger charge is 2.51. The Kier molecular flexibility index (Phi) is 17.9. The molecular weight excluding hydrogens is 729 g/mol. The molecule has 0 bridgehead atoms. The van der Waals surface area contributed by atoms with Gasteiger partial charge >= 0.3 is 11.9 Å². The SMILES string of the molecule is C=C[C@@H](CO[Si](c1ccccc1)(c1ccccc1)C(C)(C)C)CC(=O)OCC.C=C[C@H](CO[Si](c1ccccc1)(c1ccccc1)C(C)(C)C)CC(=O)OCC. The van der Waals surface area contributed by atoms with Gasteiger partial charge in [-0.1, -0.05) is 175 Å². The fraction of sp³-hybridized carbons (Fsp3) is 0.375. The molecule has 2 atom stereocenters. The minimum atomic E-state index is -2.60. The third-order valence-electron chi connectivity index (χ3n) is 10.00. The predicted molar refractivity (Wildman–Crippen MR) is 237 cm³/mol. The summed E-state index contributed by atoms with van der Waals surface area (Å²) in [5, 5.41) is 4.73. The van der Waals surface area contributed by atoms with Gasteiger partial charge in [0.15, 0.2) is 0 Å². The minimum Gasteiger partial charge on any atom is -0.466 e. The number of ether oxygens (including phenoxy) is 2. The van der Waals surface area contributed by atoms with Crippen LogP contribution in [-0.4, -0.2) is 55.0 Å². The molecule has 0 unspecified atom stereocenters. The molecule has 0 saturated carbocycles. The van der Waals surface area contributed by atoms with Gasteiger partial charge in [0.05, 0.1) is 26.1 Å². The number of rotatable bonds is 18. The van der Waals surface area contributed by atoms with E-state index in [1.165, 1.54) is 20.7 Å². The molecule has 0 spiro atoms. The first-order valence-electron chi connectivity index (χ1n) is 19.8. The van der Waals surface area contributed by atoms with Gasteiger partial charge in [-0.15, -0.1) is 13.2 Å². The van der Waals surface area contributed by atoms with Gasteiger partial charge in [0.1, 0.15) is 0 Å². The molecule has 0 amide bonds. The van der Waals surface area contributed by atoms with Crippen molar-refractivity contribution >= 4 is 49.3 Å². The van der Waals surface area contributed by atoms with E-state index in [-0.39, 0.29) is 46.7 Å². The van der Waals surface area contributed by atoms with Crippen LogP contribution in [0.2, 0.25) is 10.1 Å². The molecule has 56 heavy (non-hydrogen) atoms. The highest BCUT2D eigenvalue weighted by atomic mass is 28.4. The van der Waals surface area contributed by atoms with E-state index in [1.807, 2.05) is 38.1 Å². The van der Waals surface area contributed by atoms with E-state index >= 15 is 0 Å². The minimum absolute atomic E-state index is 0.0827. The van der Waals surface area contributed by atoms with Crippen LogP contribution in [0.25, 0.3) is 0 Å². The van der Waals surface area contributed by atoms with E-state index < -0.39 is 16.6 Å². The van der Waals surface area contributed by atoms with Crippen molar-refractivity contribution in [2.45, 2.75) is 78.3 Å². The number of carbonyl (C=O) groups excluding carboxylic acids is 2. The molecular formula is C48H64O6Si2. The molecule has 4 aromatic rings. The van der Waals surface area contributed by atoms with Crippen LogP contribution in [0, 0.1) is 11.8 Å². The predicted octanol–water partition coefficient (Wildman–Crippen LogP) is 8.64. The molecule has 0 aliphatic heterocycles. The molecule has 0 aliphatic carbocycles. The van der Waals surface area contributed by atoms with Crippen LogP contribution in [0.5, 0.6) is 0 Å². The molecule has 0 saturated heterocycles. The Labute approximate surface area is 339 Å². The van der Waals surface area contributed by atoms with Gasteiger partial charge in [-0.2, -0.15) is 0 Å². The normalized spacial score (nSPS) is 13.0. The first-order valence-corrected chi connectivity index (χ1v) is 23.6. The van der Waals surface area contributed by atoms with Gasteiger partial charge in [0.2, 0.25) is 0 Å². The lowest BCUT2D eigenvalue weighted by atomic mass is 10.1. The highest BCUT2D eigenvalue weighted by molar-refractivity contribution is 7.00. The third-order valence-corrected chi connectivity index (χ3v) is 20.0. The van der Waals surface area contributed by atoms with E-state index in [4.69, 9.17) is 18.3 Å². The lowest BCUT2D eigenvalue weighted by Gasteiger charge is -2.43. The van der Waals surface area contributed by atoms with Gasteiger partial charge in [0.25, 0.3) is 16.6 Å². The Balaban J connectivity index is 0.000000300. The maximum Gasteiger partial charge on any atom is 0.306 e. The number of hydrogen-bond acceptors (Lipinski definition) is 6. The van der Waals surface area contributed by atoms with Crippen LogP contribution >= 0.6 is 0 Å². The third kappa shape index (κ3) is 11.8. The fourth-order valence-corrected chi connectivity index (χ4v) is 16.5. The van der Waals surface area contributed by atoms with E-state index in [0.29, 0.717) is 26.4 Å². The van der Waals surface area contributed by atoms with Crippen LogP contribution in [0.15, 0.2) is 147 Å². The molecule has 0 radical (unpaired) electrons. The summed E-state index contributed by atoms with van der Waals surface area (Å²) >= 11 is 0. The molecule has 4 rings (SSSR count). The van der Waals surface area contributed by atoms with Crippen LogP contribution in [0.4, 0.5) is 0 Å². The largest absolute Gasteiger partial charge is 0.466 e. The van der Waals surface area contributed by atoms with Gasteiger partial charge in [-0.05, 0) is 44.7 Å². The smallest absolute Gasteiger partial charge is 0.306 e. The number of carbonyl (C=O) groups is 2. The number of esters is 2. The first kappa shape index (κ1) is 46.0. The van der Waals surface area contributed by atoms with Crippen molar-refractivity contribution in [2.24, 2.45) is 11.8 Å². The van der Waals surface area contributed by atoms with Crippen molar-refractivity contribution in [3.63, 3.8) is 0 Å². The molecule has 300 valence electrons. The molecule has 0 fully saturated rings. The summed E-state index contributed by atoms with van der Waals surface area (Å²) < 4.78 is 23.9. The van der Waals surface area contributed by atoms with E-state index in [9.17, 15) is 9.59 Å². The summed E-state index contributed by atoms with van der Waals surface area (Å²) in [7, 11) is -5.20. The van der Waals surface area contributed by atoms with Gasteiger partial charge in [-0.3, -0.25) is 9.59 Å². The van der Waals surface area contributed by atoms with Gasteiger partial charge in [0, 0.05) is 25.0 Å². The molecule has 8 heteroatoms. The highest BCUT2D eigenvalue weighted by Crippen LogP contribution is 2.38. The van der Waals surface area contributed by atoms with Crippen molar-refractivity contribution in [3.8, 4) is 0 Å². The average molecular weight is 793 g/mol. The number of hydrogen-bond donors (Lipinski definition) is 0. The Morgan fingerprint density at radius 1 is 0.518 bits per heavy atom. The van der Waals surface area contributed by atoms with Gasteiger partial charge in [-0.25, -0.2) is 0 Å². The van der Waals surface area contributed by atoms with Crippen molar-refractivity contribution in [2.75, 3.05) is 26.4 Å². The quantitative estimate of drug-likeness (QED) is 0.0571. The standard InChI is InChI=1S/2C24H32O3Si/c2*1-6-20(18-23(25)26-7-2)19-27-28(24(3,4)5,21-14-10-8-11-15-21)22-16-12-9-13-17-22/h2*6,8-17,20H,1,7,18-19H2,2-5H3/t2*20-/m10/s1. The van der Waals surface area contributed by atoms with Crippen molar-refractivity contribution in [1.82, 2.24) is 0 Å². The van der Waals surface area contributed by atoms with E-state index in [1.54, 1.807) is 12.2 Å². The first-order chi connectivity index (χ1) is 26.7. The van der Waals surface area contributed by atoms with Crippen molar-refractivity contribution in [3.05, 3.63) is 147 Å². The second-order valence-corrected chi connectivity index (χ2v) is 24.6. The van der Waals surface area contributed by atoms with Crippen LogP contribution in [-0.2, 0) is 27.9 Å². The molecule has 4 aromatic carbocycles. The Morgan fingerprint density at radius 2 is 0.768 bits per heavy atom. The maximum absolute atomic E-state index is 12.0. The molecule has 0 aliphatic rings. The Hall–Kier alpha value is -4.35. The monoisotopic (exact) mass is 792 g/mol. The lowest BCUT2D eigenvalue weighted by molar-refractivity contribution is -0.145. The number of benzene rings is 4. The summed E-state index contributed by atoms with van der Waals surface area (Å²) in [4.78, 5) is 23.9. The fourth-order valence-electron chi connectivity index (χ4n) is 7.28. The molecule has 0 heterocycles. The Morgan fingerprint density at radius 3 is 0.964 bits per heavy atom. The summed E-state index contributed by atoms with van der Waals surface area (Å²) in [5.74, 6) is -0.585. The lowest BCUT2D eigenvalue weighted by Crippen LogP contribution is -2.66. The van der Waals surface area contributed by atoms with Crippen LogP contribution < -0.4 is 20.7 Å². The Bertz CT molecular complexity index is 1550. The average Bonchev–Trinajstić information content (AvgIpc) is 3.18. The summed E-state index contributed by atoms with van der Waals surface area (Å²) in [6.07, 6.45) is 4.18. The van der Waals surface area contributed by atoms with Crippen LogP contribution in [0.1, 0.15) is 68.2 Å².